The zero-order valence-electron chi connectivity index (χ0n) is 12.4. The van der Waals surface area contributed by atoms with Gasteiger partial charge in [-0.1, -0.05) is 19.3 Å². The maximum absolute atomic E-state index is 6.15. The van der Waals surface area contributed by atoms with E-state index in [1.165, 1.54) is 36.9 Å². The standard InChI is InChI=1S/C16H26N2O/c1-11-10-18-15(12(2)16(11)19-3)9-13-6-4-5-7-14(17)8-13/h10,13-14H,4-9,17H2,1-3H3. The van der Waals surface area contributed by atoms with Crippen LogP contribution in [0.2, 0.25) is 0 Å². The summed E-state index contributed by atoms with van der Waals surface area (Å²) in [6.07, 6.45) is 9.15. The van der Waals surface area contributed by atoms with Gasteiger partial charge < -0.3 is 10.5 Å². The molecule has 0 aromatic carbocycles. The van der Waals surface area contributed by atoms with Gasteiger partial charge in [-0.2, -0.15) is 0 Å². The predicted octanol–water partition coefficient (Wildman–Crippen LogP) is 3.16. The van der Waals surface area contributed by atoms with E-state index in [1.54, 1.807) is 7.11 Å². The SMILES string of the molecule is COc1c(C)cnc(CC2CCCCC(N)C2)c1C. The summed E-state index contributed by atoms with van der Waals surface area (Å²) in [5.74, 6) is 1.67. The molecule has 1 aromatic rings. The molecule has 2 N–H and O–H groups in total. The predicted molar refractivity (Wildman–Crippen MR) is 78.5 cm³/mol. The molecule has 2 atom stereocenters. The van der Waals surface area contributed by atoms with Gasteiger partial charge in [0.15, 0.2) is 0 Å². The number of methoxy groups -OCH3 is 1. The van der Waals surface area contributed by atoms with Gasteiger partial charge in [-0.3, -0.25) is 4.98 Å². The number of nitrogens with zero attached hydrogens (tertiary/aromatic N) is 1. The number of ether oxygens (including phenoxy) is 1. The monoisotopic (exact) mass is 262 g/mol. The van der Waals surface area contributed by atoms with Gasteiger partial charge in [-0.25, -0.2) is 0 Å². The van der Waals surface area contributed by atoms with Gasteiger partial charge in [0.1, 0.15) is 5.75 Å². The fourth-order valence-corrected chi connectivity index (χ4v) is 3.24. The van der Waals surface area contributed by atoms with Gasteiger partial charge in [0.05, 0.1) is 7.11 Å². The highest BCUT2D eigenvalue weighted by atomic mass is 16.5. The van der Waals surface area contributed by atoms with E-state index < -0.39 is 0 Å². The van der Waals surface area contributed by atoms with E-state index in [-0.39, 0.29) is 0 Å². The van der Waals surface area contributed by atoms with E-state index >= 15 is 0 Å². The second-order valence-electron chi connectivity index (χ2n) is 5.90. The number of nitrogens with two attached hydrogens (primary N) is 1. The van der Waals surface area contributed by atoms with Crippen molar-refractivity contribution in [3.05, 3.63) is 23.0 Å². The fraction of sp³-hybridized carbons (Fsp3) is 0.688. The minimum atomic E-state index is 0.375. The zero-order chi connectivity index (χ0) is 13.8. The lowest BCUT2D eigenvalue weighted by atomic mass is 9.91. The maximum Gasteiger partial charge on any atom is 0.128 e. The number of rotatable bonds is 3. The Hall–Kier alpha value is -1.09. The third-order valence-electron chi connectivity index (χ3n) is 4.31. The van der Waals surface area contributed by atoms with Crippen molar-refractivity contribution < 1.29 is 4.74 Å². The lowest BCUT2D eigenvalue weighted by Gasteiger charge is -2.19. The first-order valence-corrected chi connectivity index (χ1v) is 7.36. The molecule has 2 rings (SSSR count). The van der Waals surface area contributed by atoms with Gasteiger partial charge in [-0.05, 0) is 39.0 Å². The molecule has 2 unspecified atom stereocenters. The third kappa shape index (κ3) is 3.47. The average Bonchev–Trinajstić information content (AvgIpc) is 2.58. The molecule has 0 bridgehead atoms. The molecule has 1 aliphatic carbocycles. The van der Waals surface area contributed by atoms with Crippen molar-refractivity contribution in [2.24, 2.45) is 11.7 Å². The molecule has 1 saturated carbocycles. The van der Waals surface area contributed by atoms with Crippen LogP contribution in [0, 0.1) is 19.8 Å². The summed E-state index contributed by atoms with van der Waals surface area (Å²) in [7, 11) is 1.74. The van der Waals surface area contributed by atoms with E-state index in [2.05, 4.69) is 11.9 Å². The number of aryl methyl sites for hydroxylation is 1. The Bertz CT molecular complexity index is 431. The molecule has 19 heavy (non-hydrogen) atoms. The van der Waals surface area contributed by atoms with Crippen LogP contribution < -0.4 is 10.5 Å². The summed E-state index contributed by atoms with van der Waals surface area (Å²) in [6, 6.07) is 0.375. The maximum atomic E-state index is 6.15. The van der Waals surface area contributed by atoms with Crippen LogP contribution in [-0.2, 0) is 6.42 Å². The molecule has 3 heteroatoms. The molecule has 1 fully saturated rings. The lowest BCUT2D eigenvalue weighted by Crippen LogP contribution is -2.22. The Morgan fingerprint density at radius 1 is 1.32 bits per heavy atom. The highest BCUT2D eigenvalue weighted by molar-refractivity contribution is 5.41. The summed E-state index contributed by atoms with van der Waals surface area (Å²) < 4.78 is 5.49. The number of hydrogen-bond acceptors (Lipinski definition) is 3. The van der Waals surface area contributed by atoms with Crippen molar-refractivity contribution in [1.29, 1.82) is 0 Å². The third-order valence-corrected chi connectivity index (χ3v) is 4.31. The quantitative estimate of drug-likeness (QED) is 0.851. The largest absolute Gasteiger partial charge is 0.496 e. The Kier molecular flexibility index (Phi) is 4.81. The normalized spacial score (nSPS) is 24.0. The van der Waals surface area contributed by atoms with Crippen molar-refractivity contribution in [2.75, 3.05) is 7.11 Å². The van der Waals surface area contributed by atoms with Gasteiger partial charge in [0.25, 0.3) is 0 Å². The minimum absolute atomic E-state index is 0.375. The van der Waals surface area contributed by atoms with Gasteiger partial charge in [0.2, 0.25) is 0 Å². The van der Waals surface area contributed by atoms with Crippen LogP contribution in [0.4, 0.5) is 0 Å². The fourth-order valence-electron chi connectivity index (χ4n) is 3.24. The second kappa shape index (κ2) is 6.38. The van der Waals surface area contributed by atoms with Crippen LogP contribution in [0.25, 0.3) is 0 Å². The molecule has 1 aliphatic rings. The molecule has 0 amide bonds. The van der Waals surface area contributed by atoms with Gasteiger partial charge >= 0.3 is 0 Å². The van der Waals surface area contributed by atoms with Crippen LogP contribution in [0.3, 0.4) is 0 Å². The second-order valence-corrected chi connectivity index (χ2v) is 5.90. The molecule has 0 spiro atoms. The van der Waals surface area contributed by atoms with Crippen LogP contribution in [0.15, 0.2) is 6.20 Å². The van der Waals surface area contributed by atoms with Crippen molar-refractivity contribution in [1.82, 2.24) is 4.98 Å². The van der Waals surface area contributed by atoms with Crippen LogP contribution in [-0.4, -0.2) is 18.1 Å². The van der Waals surface area contributed by atoms with E-state index in [9.17, 15) is 0 Å². The first-order chi connectivity index (χ1) is 9.11. The highest BCUT2D eigenvalue weighted by Gasteiger charge is 2.20. The van der Waals surface area contributed by atoms with Gasteiger partial charge in [-0.15, -0.1) is 0 Å². The Labute approximate surface area is 116 Å². The van der Waals surface area contributed by atoms with E-state index in [0.717, 1.165) is 24.2 Å². The molecular weight excluding hydrogens is 236 g/mol. The Morgan fingerprint density at radius 2 is 2.05 bits per heavy atom. The minimum Gasteiger partial charge on any atom is -0.496 e. The molecular formula is C16H26N2O. The highest BCUT2D eigenvalue weighted by Crippen LogP contribution is 2.29. The average molecular weight is 262 g/mol. The smallest absolute Gasteiger partial charge is 0.128 e. The van der Waals surface area contributed by atoms with Gasteiger partial charge in [0, 0.05) is 29.1 Å². The summed E-state index contributed by atoms with van der Waals surface area (Å²) >= 11 is 0. The first-order valence-electron chi connectivity index (χ1n) is 7.36. The van der Waals surface area contributed by atoms with E-state index in [1.807, 2.05) is 13.1 Å². The van der Waals surface area contributed by atoms with E-state index in [0.29, 0.717) is 12.0 Å². The van der Waals surface area contributed by atoms with Crippen molar-refractivity contribution in [3.8, 4) is 5.75 Å². The molecule has 1 aromatic heterocycles. The van der Waals surface area contributed by atoms with Crippen molar-refractivity contribution >= 4 is 0 Å². The molecule has 106 valence electrons. The molecule has 0 aliphatic heterocycles. The van der Waals surface area contributed by atoms with Crippen LogP contribution >= 0.6 is 0 Å². The van der Waals surface area contributed by atoms with Crippen molar-refractivity contribution in [2.45, 2.75) is 58.4 Å². The summed E-state index contributed by atoms with van der Waals surface area (Å²) in [6.45, 7) is 4.16. The lowest BCUT2D eigenvalue weighted by molar-refractivity contribution is 0.401. The topological polar surface area (TPSA) is 48.1 Å². The Morgan fingerprint density at radius 3 is 2.79 bits per heavy atom. The summed E-state index contributed by atoms with van der Waals surface area (Å²) in [5.41, 5.74) is 9.64. The van der Waals surface area contributed by atoms with Crippen LogP contribution in [0.5, 0.6) is 5.75 Å². The first kappa shape index (κ1) is 14.3. The van der Waals surface area contributed by atoms with Crippen molar-refractivity contribution in [3.63, 3.8) is 0 Å². The Balaban J connectivity index is 2.14. The number of aromatic nitrogens is 1. The number of hydrogen-bond donors (Lipinski definition) is 1. The molecule has 1 heterocycles. The summed E-state index contributed by atoms with van der Waals surface area (Å²) in [4.78, 5) is 4.62. The molecule has 3 nitrogen and oxygen atoms in total. The number of pyridine rings is 1. The summed E-state index contributed by atoms with van der Waals surface area (Å²) in [5, 5.41) is 0. The van der Waals surface area contributed by atoms with E-state index in [4.69, 9.17) is 10.5 Å². The molecule has 0 saturated heterocycles. The molecule has 0 radical (unpaired) electrons. The zero-order valence-corrected chi connectivity index (χ0v) is 12.4. The van der Waals surface area contributed by atoms with Crippen LogP contribution in [0.1, 0.15) is 48.9 Å².